The third-order valence-corrected chi connectivity index (χ3v) is 2.50. The second-order valence-electron chi connectivity index (χ2n) is 3.91. The summed E-state index contributed by atoms with van der Waals surface area (Å²) < 4.78 is 6.93. The average Bonchev–Trinajstić information content (AvgIpc) is 2.98. The van der Waals surface area contributed by atoms with Crippen LogP contribution in [0, 0.1) is 11.3 Å². The zero-order valence-corrected chi connectivity index (χ0v) is 10.7. The molecule has 2 aromatic rings. The van der Waals surface area contributed by atoms with E-state index in [0.717, 1.165) is 0 Å². The number of amides is 1. The predicted octanol–water partition coefficient (Wildman–Crippen LogP) is 0.345. The molecule has 2 rings (SSSR count). The van der Waals surface area contributed by atoms with Crippen LogP contribution in [0.4, 0.5) is 0 Å². The van der Waals surface area contributed by atoms with E-state index in [-0.39, 0.29) is 12.5 Å². The second kappa shape index (κ2) is 6.89. The van der Waals surface area contributed by atoms with Gasteiger partial charge in [-0.25, -0.2) is 0 Å². The molecular weight excluding hydrogens is 258 g/mol. The van der Waals surface area contributed by atoms with Gasteiger partial charge in [0.05, 0.1) is 18.3 Å². The van der Waals surface area contributed by atoms with Crippen molar-refractivity contribution in [1.29, 1.82) is 5.26 Å². The van der Waals surface area contributed by atoms with E-state index in [0.29, 0.717) is 24.4 Å². The van der Waals surface area contributed by atoms with E-state index in [2.05, 4.69) is 15.6 Å². The fourth-order valence-electron chi connectivity index (χ4n) is 1.54. The quantitative estimate of drug-likeness (QED) is 0.818. The molecule has 0 unspecified atom stereocenters. The number of carbonyl (C=O) groups excluding carboxylic acids is 1. The molecule has 102 valence electrons. The summed E-state index contributed by atoms with van der Waals surface area (Å²) >= 11 is 0. The number of nitriles is 1. The van der Waals surface area contributed by atoms with E-state index in [1.165, 1.54) is 0 Å². The molecule has 0 atom stereocenters. The summed E-state index contributed by atoms with van der Waals surface area (Å²) in [6, 6.07) is 8.79. The molecule has 0 saturated carbocycles. The van der Waals surface area contributed by atoms with Crippen LogP contribution in [0.15, 0.2) is 36.7 Å². The highest BCUT2D eigenvalue weighted by Crippen LogP contribution is 2.15. The highest BCUT2D eigenvalue weighted by atomic mass is 16.5. The lowest BCUT2D eigenvalue weighted by Gasteiger charge is -2.08. The Morgan fingerprint density at radius 1 is 1.45 bits per heavy atom. The highest BCUT2D eigenvalue weighted by Gasteiger charge is 2.05. The molecule has 1 aromatic carbocycles. The molecule has 0 aliphatic rings. The molecule has 7 heteroatoms. The van der Waals surface area contributed by atoms with Crippen LogP contribution in [-0.4, -0.2) is 34.1 Å². The summed E-state index contributed by atoms with van der Waals surface area (Å²) in [5, 5.41) is 19.0. The van der Waals surface area contributed by atoms with Gasteiger partial charge in [-0.2, -0.15) is 5.26 Å². The lowest BCUT2D eigenvalue weighted by Crippen LogP contribution is -2.31. The van der Waals surface area contributed by atoms with Gasteiger partial charge in [0.1, 0.15) is 11.8 Å². The lowest BCUT2D eigenvalue weighted by molar-refractivity contribution is -0.123. The van der Waals surface area contributed by atoms with Gasteiger partial charge in [-0.3, -0.25) is 9.48 Å². The Labute approximate surface area is 115 Å². The van der Waals surface area contributed by atoms with Gasteiger partial charge >= 0.3 is 0 Å². The van der Waals surface area contributed by atoms with Gasteiger partial charge in [-0.1, -0.05) is 17.3 Å². The Balaban J connectivity index is 1.74. The van der Waals surface area contributed by atoms with Crippen molar-refractivity contribution in [3.05, 3.63) is 42.2 Å². The molecule has 0 aliphatic heterocycles. The maximum absolute atomic E-state index is 11.6. The van der Waals surface area contributed by atoms with Crippen LogP contribution in [0.3, 0.4) is 0 Å². The lowest BCUT2D eigenvalue weighted by atomic mass is 10.2. The van der Waals surface area contributed by atoms with Crippen LogP contribution in [0.2, 0.25) is 0 Å². The number of hydrogen-bond donors (Lipinski definition) is 1. The highest BCUT2D eigenvalue weighted by molar-refractivity contribution is 5.77. The van der Waals surface area contributed by atoms with Gasteiger partial charge in [-0.05, 0) is 12.1 Å². The monoisotopic (exact) mass is 271 g/mol. The van der Waals surface area contributed by atoms with Gasteiger partial charge in [-0.15, -0.1) is 5.10 Å². The normalized spacial score (nSPS) is 9.75. The number of rotatable bonds is 6. The first-order valence-electron chi connectivity index (χ1n) is 6.02. The molecule has 1 heterocycles. The Hall–Kier alpha value is -2.88. The Bertz CT molecular complexity index is 603. The number of para-hydroxylation sites is 1. The number of carbonyl (C=O) groups is 1. The largest absolute Gasteiger partial charge is 0.482 e. The van der Waals surface area contributed by atoms with Gasteiger partial charge in [0.15, 0.2) is 6.61 Å². The molecule has 0 saturated heterocycles. The number of benzene rings is 1. The summed E-state index contributed by atoms with van der Waals surface area (Å²) in [5.41, 5.74) is 0.405. The predicted molar refractivity (Wildman–Crippen MR) is 69.7 cm³/mol. The first-order valence-corrected chi connectivity index (χ1v) is 6.02. The number of hydrogen-bond acceptors (Lipinski definition) is 5. The van der Waals surface area contributed by atoms with Crippen LogP contribution in [0.1, 0.15) is 5.56 Å². The molecule has 0 bridgehead atoms. The van der Waals surface area contributed by atoms with Gasteiger partial charge < -0.3 is 10.1 Å². The Morgan fingerprint density at radius 3 is 3.05 bits per heavy atom. The third kappa shape index (κ3) is 3.81. The van der Waals surface area contributed by atoms with E-state index in [1.54, 1.807) is 41.3 Å². The standard InChI is InChI=1S/C13H13N5O2/c14-9-11-3-1-2-4-12(11)20-10-13(19)15-5-7-18-8-6-16-17-18/h1-4,6,8H,5,7,10H2,(H,15,19). The van der Waals surface area contributed by atoms with Gasteiger partial charge in [0.2, 0.25) is 0 Å². The van der Waals surface area contributed by atoms with E-state index in [4.69, 9.17) is 10.00 Å². The minimum absolute atomic E-state index is 0.129. The zero-order chi connectivity index (χ0) is 14.2. The van der Waals surface area contributed by atoms with Crippen LogP contribution in [0.5, 0.6) is 5.75 Å². The van der Waals surface area contributed by atoms with Crippen molar-refractivity contribution in [3.8, 4) is 11.8 Å². The first kappa shape index (κ1) is 13.5. The molecule has 1 aromatic heterocycles. The Kier molecular flexibility index (Phi) is 4.67. The van der Waals surface area contributed by atoms with Gasteiger partial charge in [0.25, 0.3) is 5.91 Å². The molecule has 0 aliphatic carbocycles. The van der Waals surface area contributed by atoms with Crippen molar-refractivity contribution < 1.29 is 9.53 Å². The van der Waals surface area contributed by atoms with Crippen LogP contribution >= 0.6 is 0 Å². The summed E-state index contributed by atoms with van der Waals surface area (Å²) in [6.45, 7) is 0.849. The van der Waals surface area contributed by atoms with Crippen molar-refractivity contribution in [3.63, 3.8) is 0 Å². The van der Waals surface area contributed by atoms with Crippen molar-refractivity contribution in [1.82, 2.24) is 20.3 Å². The summed E-state index contributed by atoms with van der Waals surface area (Å²) in [4.78, 5) is 11.6. The number of ether oxygens (including phenoxy) is 1. The first-order chi connectivity index (χ1) is 9.79. The number of nitrogens with one attached hydrogen (secondary N) is 1. The van der Waals surface area contributed by atoms with Crippen LogP contribution < -0.4 is 10.1 Å². The minimum atomic E-state index is -0.252. The topological polar surface area (TPSA) is 92.8 Å². The van der Waals surface area contributed by atoms with E-state index in [9.17, 15) is 4.79 Å². The molecule has 7 nitrogen and oxygen atoms in total. The van der Waals surface area contributed by atoms with Crippen molar-refractivity contribution in [2.45, 2.75) is 6.54 Å². The number of nitrogens with zero attached hydrogens (tertiary/aromatic N) is 4. The summed E-state index contributed by atoms with van der Waals surface area (Å²) in [5.74, 6) is 0.152. The van der Waals surface area contributed by atoms with Crippen LogP contribution in [-0.2, 0) is 11.3 Å². The molecule has 1 amide bonds. The van der Waals surface area contributed by atoms with E-state index >= 15 is 0 Å². The van der Waals surface area contributed by atoms with E-state index < -0.39 is 0 Å². The second-order valence-corrected chi connectivity index (χ2v) is 3.91. The fourth-order valence-corrected chi connectivity index (χ4v) is 1.54. The maximum atomic E-state index is 11.6. The third-order valence-electron chi connectivity index (χ3n) is 2.50. The SMILES string of the molecule is N#Cc1ccccc1OCC(=O)NCCn1ccnn1. The van der Waals surface area contributed by atoms with E-state index in [1.807, 2.05) is 6.07 Å². The molecule has 0 spiro atoms. The molecule has 1 N–H and O–H groups in total. The molecule has 20 heavy (non-hydrogen) atoms. The number of aromatic nitrogens is 3. The minimum Gasteiger partial charge on any atom is -0.482 e. The van der Waals surface area contributed by atoms with Gasteiger partial charge in [0, 0.05) is 12.7 Å². The zero-order valence-electron chi connectivity index (χ0n) is 10.7. The molecule has 0 radical (unpaired) electrons. The van der Waals surface area contributed by atoms with Crippen molar-refractivity contribution in [2.24, 2.45) is 0 Å². The maximum Gasteiger partial charge on any atom is 0.258 e. The summed E-state index contributed by atoms with van der Waals surface area (Å²) in [6.07, 6.45) is 3.29. The fraction of sp³-hybridized carbons (Fsp3) is 0.231. The summed E-state index contributed by atoms with van der Waals surface area (Å²) in [7, 11) is 0. The van der Waals surface area contributed by atoms with Crippen molar-refractivity contribution >= 4 is 5.91 Å². The smallest absolute Gasteiger partial charge is 0.258 e. The Morgan fingerprint density at radius 2 is 2.30 bits per heavy atom. The molecular formula is C13H13N5O2. The van der Waals surface area contributed by atoms with Crippen LogP contribution in [0.25, 0.3) is 0 Å². The average molecular weight is 271 g/mol. The van der Waals surface area contributed by atoms with Crippen molar-refractivity contribution in [2.75, 3.05) is 13.2 Å². The molecule has 0 fully saturated rings.